The molecule has 0 saturated heterocycles. The molecule has 0 radical (unpaired) electrons. The molecular weight excluding hydrogens is 508 g/mol. The summed E-state index contributed by atoms with van der Waals surface area (Å²) in [5, 5.41) is 11.0. The Hall–Kier alpha value is -1.94. The lowest BCUT2D eigenvalue weighted by atomic mass is 9.33. The number of hydrogen-bond acceptors (Lipinski definition) is 4. The molecule has 6 rings (SSSR count). The van der Waals surface area contributed by atoms with Crippen LogP contribution >= 0.6 is 0 Å². The predicted molar refractivity (Wildman–Crippen MR) is 162 cm³/mol. The third-order valence-electron chi connectivity index (χ3n) is 14.3. The van der Waals surface area contributed by atoms with Crippen LogP contribution < -0.4 is 0 Å². The van der Waals surface area contributed by atoms with Crippen LogP contribution in [-0.2, 0) is 20.9 Å². The Bertz CT molecular complexity index is 1260. The van der Waals surface area contributed by atoms with Crippen LogP contribution in [0.3, 0.4) is 0 Å². The van der Waals surface area contributed by atoms with E-state index in [1.807, 2.05) is 30.3 Å². The number of aliphatic hydroxyl groups is 1. The van der Waals surface area contributed by atoms with Gasteiger partial charge in [0.15, 0.2) is 5.78 Å². The van der Waals surface area contributed by atoms with Gasteiger partial charge in [-0.25, -0.2) is 0 Å². The number of allylic oxidation sites excluding steroid dienone is 2. The Balaban J connectivity index is 1.34. The number of carbonyl (C=O) groups is 2. The number of fused-ring (bicyclic) bond motifs is 7. The second kappa shape index (κ2) is 9.28. The lowest BCUT2D eigenvalue weighted by Crippen LogP contribution is -2.66. The van der Waals surface area contributed by atoms with E-state index in [0.717, 1.165) is 63.4 Å². The van der Waals surface area contributed by atoms with Crippen LogP contribution in [0.15, 0.2) is 42.0 Å². The van der Waals surface area contributed by atoms with Crippen LogP contribution in [0.5, 0.6) is 0 Å². The molecule has 4 heteroatoms. The van der Waals surface area contributed by atoms with Gasteiger partial charge in [0.1, 0.15) is 6.61 Å². The van der Waals surface area contributed by atoms with E-state index in [1.54, 1.807) is 0 Å². The van der Waals surface area contributed by atoms with E-state index in [1.165, 1.54) is 5.57 Å². The molecule has 1 aromatic carbocycles. The van der Waals surface area contributed by atoms with Gasteiger partial charge in [0.05, 0.1) is 11.5 Å². The first-order chi connectivity index (χ1) is 19.1. The van der Waals surface area contributed by atoms with E-state index < -0.39 is 5.41 Å². The van der Waals surface area contributed by atoms with Gasteiger partial charge in [-0.3, -0.25) is 9.59 Å². The summed E-state index contributed by atoms with van der Waals surface area (Å²) in [7, 11) is 0. The number of ketones is 1. The molecule has 0 bridgehead atoms. The fraction of sp³-hybridized carbons (Fsp3) is 0.730. The fourth-order valence-corrected chi connectivity index (χ4v) is 11.3. The molecule has 41 heavy (non-hydrogen) atoms. The van der Waals surface area contributed by atoms with Crippen LogP contribution in [0.4, 0.5) is 0 Å². The van der Waals surface area contributed by atoms with Crippen molar-refractivity contribution in [2.45, 2.75) is 119 Å². The molecule has 9 atom stereocenters. The normalized spacial score (nSPS) is 46.7. The average Bonchev–Trinajstić information content (AvgIpc) is 2.92. The van der Waals surface area contributed by atoms with Crippen LogP contribution in [0.2, 0.25) is 0 Å². The minimum absolute atomic E-state index is 0.0237. The summed E-state index contributed by atoms with van der Waals surface area (Å²) in [6, 6.07) is 9.93. The van der Waals surface area contributed by atoms with E-state index in [0.29, 0.717) is 18.3 Å². The van der Waals surface area contributed by atoms with Crippen LogP contribution in [0.1, 0.15) is 112 Å². The molecule has 4 saturated carbocycles. The molecule has 0 amide bonds. The SMILES string of the molecule is CC1(C)C2CC[C@]3(C)C(C(=O)C=C4[C@@H]5C[C@@](C)(C(=O)OCc6ccccc6)CC[C@]5(C)CC[C@]43C)[C@@]2(C)CC[C@@H]1O. The summed E-state index contributed by atoms with van der Waals surface area (Å²) >= 11 is 0. The molecule has 1 aromatic rings. The molecule has 0 aliphatic heterocycles. The molecule has 4 nitrogen and oxygen atoms in total. The molecule has 1 N–H and O–H groups in total. The summed E-state index contributed by atoms with van der Waals surface area (Å²) in [5.74, 6) is 0.734. The first-order valence-electron chi connectivity index (χ1n) is 16.3. The molecule has 0 aromatic heterocycles. The number of aliphatic hydroxyl groups excluding tert-OH is 1. The molecule has 4 fully saturated rings. The Morgan fingerprint density at radius 2 is 1.59 bits per heavy atom. The number of hydrogen-bond donors (Lipinski definition) is 1. The van der Waals surface area contributed by atoms with Crippen LogP contribution in [0, 0.1) is 50.2 Å². The minimum atomic E-state index is -0.550. The quantitative estimate of drug-likeness (QED) is 0.380. The summed E-state index contributed by atoms with van der Waals surface area (Å²) in [6.07, 6.45) is 10.4. The summed E-state index contributed by atoms with van der Waals surface area (Å²) in [5.41, 5.74) is 1.40. The summed E-state index contributed by atoms with van der Waals surface area (Å²) in [4.78, 5) is 28.1. The third kappa shape index (κ3) is 4.01. The first-order valence-corrected chi connectivity index (χ1v) is 16.3. The topological polar surface area (TPSA) is 63.6 Å². The number of ether oxygens (including phenoxy) is 1. The number of benzene rings is 1. The number of carbonyl (C=O) groups excluding carboxylic acids is 2. The number of esters is 1. The fourth-order valence-electron chi connectivity index (χ4n) is 11.3. The highest BCUT2D eigenvalue weighted by molar-refractivity contribution is 5.95. The highest BCUT2D eigenvalue weighted by Crippen LogP contribution is 2.75. The van der Waals surface area contributed by atoms with Crippen molar-refractivity contribution in [3.05, 3.63) is 47.5 Å². The van der Waals surface area contributed by atoms with Gasteiger partial charge in [0.25, 0.3) is 0 Å². The zero-order valence-electron chi connectivity index (χ0n) is 26.5. The maximum absolute atomic E-state index is 14.5. The van der Waals surface area contributed by atoms with Crippen molar-refractivity contribution in [3.8, 4) is 0 Å². The van der Waals surface area contributed by atoms with E-state index in [4.69, 9.17) is 4.74 Å². The maximum Gasteiger partial charge on any atom is 0.312 e. The van der Waals surface area contributed by atoms with E-state index in [-0.39, 0.29) is 51.0 Å². The average molecular weight is 561 g/mol. The Labute approximate surface area is 247 Å². The van der Waals surface area contributed by atoms with Crippen molar-refractivity contribution in [1.29, 1.82) is 0 Å². The van der Waals surface area contributed by atoms with Crippen LogP contribution in [-0.4, -0.2) is 23.0 Å². The largest absolute Gasteiger partial charge is 0.460 e. The Kier molecular flexibility index (Phi) is 6.60. The van der Waals surface area contributed by atoms with Gasteiger partial charge in [-0.15, -0.1) is 0 Å². The highest BCUT2D eigenvalue weighted by Gasteiger charge is 2.70. The van der Waals surface area contributed by atoms with Crippen molar-refractivity contribution in [2.24, 2.45) is 50.2 Å². The van der Waals surface area contributed by atoms with Gasteiger partial charge in [0.2, 0.25) is 0 Å². The van der Waals surface area contributed by atoms with Gasteiger partial charge in [-0.1, -0.05) is 77.4 Å². The standard InChI is InChI=1S/C37H52O4/c1-32(2)28-13-16-37(7)30(35(28,5)15-14-29(32)39)27(38)21-25-26-22-34(4,18-17-33(26,3)19-20-36(25,37)6)31(40)41-23-24-11-9-8-10-12-24/h8-12,21,26,28-30,39H,13-20,22-23H2,1-7H3/t26-,28?,29-,30?,33+,34-,35-,36+,37+/m0/s1. The zero-order chi connectivity index (χ0) is 29.6. The molecule has 2 unspecified atom stereocenters. The zero-order valence-corrected chi connectivity index (χ0v) is 26.5. The smallest absolute Gasteiger partial charge is 0.312 e. The second-order valence-electron chi connectivity index (χ2n) is 16.7. The van der Waals surface area contributed by atoms with Crippen LogP contribution in [0.25, 0.3) is 0 Å². The predicted octanol–water partition coefficient (Wildman–Crippen LogP) is 8.07. The minimum Gasteiger partial charge on any atom is -0.460 e. The number of rotatable bonds is 3. The monoisotopic (exact) mass is 560 g/mol. The Morgan fingerprint density at radius 1 is 0.902 bits per heavy atom. The van der Waals surface area contributed by atoms with Crippen molar-refractivity contribution in [1.82, 2.24) is 0 Å². The molecular formula is C37H52O4. The highest BCUT2D eigenvalue weighted by atomic mass is 16.5. The summed E-state index contributed by atoms with van der Waals surface area (Å²) in [6.45, 7) is 16.5. The van der Waals surface area contributed by atoms with Gasteiger partial charge in [0, 0.05) is 5.92 Å². The third-order valence-corrected chi connectivity index (χ3v) is 14.3. The summed E-state index contributed by atoms with van der Waals surface area (Å²) < 4.78 is 5.93. The van der Waals surface area contributed by atoms with Gasteiger partial charge in [-0.05, 0) is 115 Å². The molecule has 5 aliphatic rings. The van der Waals surface area contributed by atoms with E-state index in [2.05, 4.69) is 54.5 Å². The molecule has 0 spiro atoms. The molecule has 5 aliphatic carbocycles. The van der Waals surface area contributed by atoms with Gasteiger partial charge >= 0.3 is 5.97 Å². The second-order valence-corrected chi connectivity index (χ2v) is 16.7. The van der Waals surface area contributed by atoms with E-state index >= 15 is 0 Å². The molecule has 0 heterocycles. The van der Waals surface area contributed by atoms with Gasteiger partial charge < -0.3 is 9.84 Å². The lowest BCUT2D eigenvalue weighted by Gasteiger charge is -2.70. The van der Waals surface area contributed by atoms with E-state index in [9.17, 15) is 14.7 Å². The van der Waals surface area contributed by atoms with Gasteiger partial charge in [-0.2, -0.15) is 0 Å². The van der Waals surface area contributed by atoms with Crippen molar-refractivity contribution >= 4 is 11.8 Å². The lowest BCUT2D eigenvalue weighted by molar-refractivity contribution is -0.202. The van der Waals surface area contributed by atoms with Crippen molar-refractivity contribution < 1.29 is 19.4 Å². The first kappa shape index (κ1) is 29.1. The Morgan fingerprint density at radius 3 is 2.29 bits per heavy atom. The van der Waals surface area contributed by atoms with Crippen molar-refractivity contribution in [3.63, 3.8) is 0 Å². The van der Waals surface area contributed by atoms with Crippen molar-refractivity contribution in [2.75, 3.05) is 0 Å². The maximum atomic E-state index is 14.5. The molecule has 224 valence electrons.